The number of rotatable bonds is 5. The van der Waals surface area contributed by atoms with Gasteiger partial charge in [0.05, 0.1) is 11.8 Å². The minimum atomic E-state index is -0.526. The molecule has 0 radical (unpaired) electrons. The second-order valence-corrected chi connectivity index (χ2v) is 5.66. The Morgan fingerprint density at radius 2 is 1.59 bits per heavy atom. The average molecular weight is 359 g/mol. The predicted molar refractivity (Wildman–Crippen MR) is 104 cm³/mol. The molecular formula is C21H17N3O3. The Kier molecular flexibility index (Phi) is 5.59. The molecule has 0 saturated heterocycles. The molecule has 2 amide bonds. The molecule has 0 spiro atoms. The lowest BCUT2D eigenvalue weighted by Crippen LogP contribution is -2.17. The molecule has 0 aliphatic rings. The minimum absolute atomic E-state index is 0.121. The van der Waals surface area contributed by atoms with Crippen molar-refractivity contribution in [2.24, 2.45) is 5.10 Å². The zero-order valence-electron chi connectivity index (χ0n) is 14.3. The number of phenols is 1. The van der Waals surface area contributed by atoms with E-state index in [-0.39, 0.29) is 17.2 Å². The van der Waals surface area contributed by atoms with E-state index < -0.39 is 5.91 Å². The Bertz CT molecular complexity index is 985. The summed E-state index contributed by atoms with van der Waals surface area (Å²) < 4.78 is 0. The monoisotopic (exact) mass is 359 g/mol. The van der Waals surface area contributed by atoms with Crippen LogP contribution in [-0.4, -0.2) is 23.1 Å². The summed E-state index contributed by atoms with van der Waals surface area (Å²) in [5.74, 6) is -0.887. The zero-order valence-corrected chi connectivity index (χ0v) is 14.3. The van der Waals surface area contributed by atoms with E-state index in [9.17, 15) is 14.7 Å². The van der Waals surface area contributed by atoms with Gasteiger partial charge >= 0.3 is 0 Å². The van der Waals surface area contributed by atoms with Gasteiger partial charge in [-0.3, -0.25) is 9.59 Å². The number of carbonyl (C=O) groups excluding carboxylic acids is 2. The zero-order chi connectivity index (χ0) is 19.1. The number of nitrogens with zero attached hydrogens (tertiary/aromatic N) is 1. The minimum Gasteiger partial charge on any atom is -0.507 e. The number of aromatic hydroxyl groups is 1. The number of hydrogen-bond acceptors (Lipinski definition) is 4. The molecule has 0 heterocycles. The van der Waals surface area contributed by atoms with E-state index in [0.717, 1.165) is 0 Å². The van der Waals surface area contributed by atoms with Crippen LogP contribution in [0.4, 0.5) is 5.69 Å². The quantitative estimate of drug-likeness (QED) is 0.482. The van der Waals surface area contributed by atoms with Gasteiger partial charge in [0, 0.05) is 11.3 Å². The molecule has 0 aliphatic carbocycles. The second-order valence-electron chi connectivity index (χ2n) is 5.66. The summed E-state index contributed by atoms with van der Waals surface area (Å²) in [4.78, 5) is 24.3. The second kappa shape index (κ2) is 8.44. The van der Waals surface area contributed by atoms with Crippen molar-refractivity contribution in [2.75, 3.05) is 5.32 Å². The number of hydrazone groups is 1. The van der Waals surface area contributed by atoms with Gasteiger partial charge in [0.25, 0.3) is 11.8 Å². The van der Waals surface area contributed by atoms with E-state index in [2.05, 4.69) is 15.8 Å². The molecule has 3 N–H and O–H groups in total. The number of hydrogen-bond donors (Lipinski definition) is 3. The highest BCUT2D eigenvalue weighted by Crippen LogP contribution is 2.15. The van der Waals surface area contributed by atoms with Crippen molar-refractivity contribution in [3.8, 4) is 5.75 Å². The van der Waals surface area contributed by atoms with Gasteiger partial charge in [-0.15, -0.1) is 0 Å². The number of amides is 2. The van der Waals surface area contributed by atoms with Gasteiger partial charge in [0.1, 0.15) is 5.75 Å². The lowest BCUT2D eigenvalue weighted by Gasteiger charge is -2.05. The number of nitrogens with one attached hydrogen (secondary N) is 2. The van der Waals surface area contributed by atoms with Gasteiger partial charge in [-0.1, -0.05) is 42.5 Å². The standard InChI is InChI=1S/C21H17N3O3/c25-19-12-5-4-11-18(19)21(27)24-22-14-15-7-6-8-16(13-15)20(26)23-17-9-2-1-3-10-17/h1-14,25H,(H,23,26)(H,24,27). The van der Waals surface area contributed by atoms with Crippen molar-refractivity contribution in [3.63, 3.8) is 0 Å². The molecule has 6 nitrogen and oxygen atoms in total. The maximum absolute atomic E-state index is 12.3. The molecule has 0 saturated carbocycles. The fourth-order valence-corrected chi connectivity index (χ4v) is 2.38. The summed E-state index contributed by atoms with van der Waals surface area (Å²) in [6.45, 7) is 0. The number of benzene rings is 3. The Labute approximate surface area is 156 Å². The SMILES string of the molecule is O=C(Nc1ccccc1)c1cccc(C=NNC(=O)c2ccccc2O)c1. The molecule has 0 unspecified atom stereocenters. The highest BCUT2D eigenvalue weighted by molar-refractivity contribution is 6.05. The first-order chi connectivity index (χ1) is 13.1. The van der Waals surface area contributed by atoms with E-state index >= 15 is 0 Å². The van der Waals surface area contributed by atoms with Crippen molar-refractivity contribution in [1.29, 1.82) is 0 Å². The molecule has 27 heavy (non-hydrogen) atoms. The molecule has 3 aromatic carbocycles. The number of phenolic OH excluding ortho intramolecular Hbond substituents is 1. The molecule has 0 bridgehead atoms. The van der Waals surface area contributed by atoms with Gasteiger partial charge in [0.15, 0.2) is 0 Å². The Hall–Kier alpha value is -3.93. The van der Waals surface area contributed by atoms with Crippen LogP contribution < -0.4 is 10.7 Å². The van der Waals surface area contributed by atoms with Gasteiger partial charge in [-0.05, 0) is 42.0 Å². The lowest BCUT2D eigenvalue weighted by atomic mass is 10.1. The third-order valence-electron chi connectivity index (χ3n) is 3.71. The van der Waals surface area contributed by atoms with Gasteiger partial charge < -0.3 is 10.4 Å². The van der Waals surface area contributed by atoms with Crippen molar-refractivity contribution in [2.45, 2.75) is 0 Å². The largest absolute Gasteiger partial charge is 0.507 e. The van der Waals surface area contributed by atoms with Crippen LogP contribution in [0.1, 0.15) is 26.3 Å². The van der Waals surface area contributed by atoms with Gasteiger partial charge in [-0.25, -0.2) is 5.43 Å². The first-order valence-electron chi connectivity index (χ1n) is 8.21. The molecule has 3 rings (SSSR count). The van der Waals surface area contributed by atoms with Crippen LogP contribution >= 0.6 is 0 Å². The maximum atomic E-state index is 12.3. The average Bonchev–Trinajstić information content (AvgIpc) is 2.69. The third-order valence-corrected chi connectivity index (χ3v) is 3.71. The van der Waals surface area contributed by atoms with Crippen molar-refractivity contribution >= 4 is 23.7 Å². The van der Waals surface area contributed by atoms with Crippen LogP contribution in [0.15, 0.2) is 84.0 Å². The highest BCUT2D eigenvalue weighted by Gasteiger charge is 2.09. The topological polar surface area (TPSA) is 90.8 Å². The van der Waals surface area contributed by atoms with Crippen LogP contribution in [0.25, 0.3) is 0 Å². The van der Waals surface area contributed by atoms with Crippen LogP contribution in [0.2, 0.25) is 0 Å². The number of anilines is 1. The van der Waals surface area contributed by atoms with Gasteiger partial charge in [0.2, 0.25) is 0 Å². The van der Waals surface area contributed by atoms with Crippen molar-refractivity contribution in [3.05, 3.63) is 95.6 Å². The van der Waals surface area contributed by atoms with Crippen molar-refractivity contribution in [1.82, 2.24) is 5.43 Å². The molecule has 0 aliphatic heterocycles. The molecular weight excluding hydrogens is 342 g/mol. The first-order valence-corrected chi connectivity index (χ1v) is 8.21. The smallest absolute Gasteiger partial charge is 0.275 e. The molecule has 0 atom stereocenters. The Balaban J connectivity index is 1.65. The highest BCUT2D eigenvalue weighted by atomic mass is 16.3. The van der Waals surface area contributed by atoms with E-state index in [4.69, 9.17) is 0 Å². The molecule has 0 fully saturated rings. The normalized spacial score (nSPS) is 10.5. The van der Waals surface area contributed by atoms with E-state index in [1.807, 2.05) is 18.2 Å². The van der Waals surface area contributed by atoms with Crippen LogP contribution in [0.3, 0.4) is 0 Å². The van der Waals surface area contributed by atoms with E-state index in [0.29, 0.717) is 16.8 Å². The maximum Gasteiger partial charge on any atom is 0.275 e. The van der Waals surface area contributed by atoms with E-state index in [1.54, 1.807) is 48.5 Å². The lowest BCUT2D eigenvalue weighted by molar-refractivity contribution is 0.0951. The summed E-state index contributed by atoms with van der Waals surface area (Å²) in [6, 6.07) is 22.2. The Morgan fingerprint density at radius 3 is 2.37 bits per heavy atom. The molecule has 0 aromatic heterocycles. The van der Waals surface area contributed by atoms with Crippen molar-refractivity contribution < 1.29 is 14.7 Å². The third kappa shape index (κ3) is 4.79. The van der Waals surface area contributed by atoms with Gasteiger partial charge in [-0.2, -0.15) is 5.10 Å². The summed E-state index contributed by atoms with van der Waals surface area (Å²) in [6.07, 6.45) is 1.43. The molecule has 3 aromatic rings. The van der Waals surface area contributed by atoms with E-state index in [1.165, 1.54) is 18.3 Å². The molecule has 6 heteroatoms. The first kappa shape index (κ1) is 17.9. The number of carbonyl (C=O) groups is 2. The summed E-state index contributed by atoms with van der Waals surface area (Å²) in [5, 5.41) is 16.3. The van der Waals surface area contributed by atoms with Crippen LogP contribution in [-0.2, 0) is 0 Å². The summed E-state index contributed by atoms with van der Waals surface area (Å²) in [5.41, 5.74) is 4.30. The Morgan fingerprint density at radius 1 is 0.852 bits per heavy atom. The fraction of sp³-hybridized carbons (Fsp3) is 0. The number of para-hydroxylation sites is 2. The summed E-state index contributed by atoms with van der Waals surface area (Å²) >= 11 is 0. The van der Waals surface area contributed by atoms with Crippen LogP contribution in [0, 0.1) is 0 Å². The van der Waals surface area contributed by atoms with Crippen LogP contribution in [0.5, 0.6) is 5.75 Å². The summed E-state index contributed by atoms with van der Waals surface area (Å²) in [7, 11) is 0. The molecule has 134 valence electrons. The predicted octanol–water partition coefficient (Wildman–Crippen LogP) is 3.41. The fourth-order valence-electron chi connectivity index (χ4n) is 2.38.